The Hall–Kier alpha value is -1.69. The van der Waals surface area contributed by atoms with Gasteiger partial charge in [0.1, 0.15) is 0 Å². The highest BCUT2D eigenvalue weighted by atomic mass is 16.1. The molecule has 1 heterocycles. The molecule has 0 aromatic carbocycles. The summed E-state index contributed by atoms with van der Waals surface area (Å²) in [5.41, 5.74) is 2.67. The molecule has 6 nitrogen and oxygen atoms in total. The minimum Gasteiger partial charge on any atom is -0.350 e. The molecule has 2 rings (SSSR count). The molecule has 92 valence electrons. The third kappa shape index (κ3) is 3.13. The number of nitrogen functional groups attached to an aromatic ring is 1. The van der Waals surface area contributed by atoms with Crippen LogP contribution in [0.25, 0.3) is 0 Å². The van der Waals surface area contributed by atoms with Crippen molar-refractivity contribution in [2.75, 3.05) is 12.0 Å². The smallest absolute Gasteiger partial charge is 0.271 e. The molecule has 1 atom stereocenters. The van der Waals surface area contributed by atoms with E-state index in [0.29, 0.717) is 24.0 Å². The van der Waals surface area contributed by atoms with Crippen molar-refractivity contribution >= 4 is 11.7 Å². The van der Waals surface area contributed by atoms with Crippen LogP contribution in [-0.2, 0) is 0 Å². The molecule has 1 unspecified atom stereocenters. The molecular formula is C11H17N5O. The molecule has 1 aliphatic rings. The zero-order chi connectivity index (χ0) is 12.3. The molecule has 1 aliphatic carbocycles. The van der Waals surface area contributed by atoms with Crippen LogP contribution in [-0.4, -0.2) is 22.6 Å². The highest BCUT2D eigenvalue weighted by molar-refractivity contribution is 5.92. The summed E-state index contributed by atoms with van der Waals surface area (Å²) in [6.07, 6.45) is 2.57. The molecular weight excluding hydrogens is 218 g/mol. The molecule has 4 N–H and O–H groups in total. The lowest BCUT2D eigenvalue weighted by Crippen LogP contribution is -2.29. The van der Waals surface area contributed by atoms with E-state index in [1.165, 1.54) is 12.8 Å². The van der Waals surface area contributed by atoms with Crippen molar-refractivity contribution < 1.29 is 4.79 Å². The van der Waals surface area contributed by atoms with Gasteiger partial charge >= 0.3 is 0 Å². The van der Waals surface area contributed by atoms with E-state index in [1.807, 2.05) is 0 Å². The highest BCUT2D eigenvalue weighted by Crippen LogP contribution is 2.36. The van der Waals surface area contributed by atoms with Crippen molar-refractivity contribution in [3.05, 3.63) is 17.8 Å². The number of nitrogens with zero attached hydrogens (tertiary/aromatic N) is 2. The van der Waals surface area contributed by atoms with Gasteiger partial charge in [-0.3, -0.25) is 4.79 Å². The summed E-state index contributed by atoms with van der Waals surface area (Å²) in [6.45, 7) is 2.85. The van der Waals surface area contributed by atoms with Crippen LogP contribution < -0.4 is 16.6 Å². The number of carbonyl (C=O) groups excluding carboxylic acids is 1. The molecule has 0 bridgehead atoms. The Labute approximate surface area is 100.0 Å². The second-order valence-corrected chi connectivity index (χ2v) is 4.47. The number of carbonyl (C=O) groups is 1. The van der Waals surface area contributed by atoms with E-state index >= 15 is 0 Å². The Bertz CT molecular complexity index is 387. The van der Waals surface area contributed by atoms with Gasteiger partial charge in [-0.1, -0.05) is 6.92 Å². The van der Waals surface area contributed by atoms with Crippen LogP contribution >= 0.6 is 0 Å². The maximum Gasteiger partial charge on any atom is 0.271 e. The van der Waals surface area contributed by atoms with Gasteiger partial charge in [0.05, 0.1) is 0 Å². The first-order valence-electron chi connectivity index (χ1n) is 5.79. The van der Waals surface area contributed by atoms with Crippen LogP contribution in [0.3, 0.4) is 0 Å². The van der Waals surface area contributed by atoms with Gasteiger partial charge in [0.15, 0.2) is 11.5 Å². The standard InChI is InChI=1S/C11H17N5O/c1-7(8-2-3-8)6-13-11(17)9-4-5-10(14-12)16-15-9/h4-5,7-8H,2-3,6,12H2,1H3,(H,13,17)(H,14,16). The average molecular weight is 235 g/mol. The van der Waals surface area contributed by atoms with E-state index in [9.17, 15) is 4.79 Å². The van der Waals surface area contributed by atoms with Crippen molar-refractivity contribution in [3.63, 3.8) is 0 Å². The lowest BCUT2D eigenvalue weighted by molar-refractivity contribution is 0.0940. The fraction of sp³-hybridized carbons (Fsp3) is 0.545. The zero-order valence-electron chi connectivity index (χ0n) is 9.81. The summed E-state index contributed by atoms with van der Waals surface area (Å²) >= 11 is 0. The normalized spacial score (nSPS) is 16.4. The van der Waals surface area contributed by atoms with E-state index < -0.39 is 0 Å². The highest BCUT2D eigenvalue weighted by Gasteiger charge is 2.27. The maximum absolute atomic E-state index is 11.7. The lowest BCUT2D eigenvalue weighted by atomic mass is 10.1. The van der Waals surface area contributed by atoms with Crippen molar-refractivity contribution in [2.24, 2.45) is 17.7 Å². The molecule has 1 amide bonds. The average Bonchev–Trinajstić information content (AvgIpc) is 3.20. The predicted octanol–water partition coefficient (Wildman–Crippen LogP) is 0.538. The first-order valence-corrected chi connectivity index (χ1v) is 5.79. The topological polar surface area (TPSA) is 92.9 Å². The lowest BCUT2D eigenvalue weighted by Gasteiger charge is -2.10. The number of rotatable bonds is 5. The number of hydrogen-bond donors (Lipinski definition) is 3. The first kappa shape index (κ1) is 11.8. The Morgan fingerprint density at radius 2 is 2.29 bits per heavy atom. The third-order valence-corrected chi connectivity index (χ3v) is 3.06. The number of aromatic nitrogens is 2. The Balaban J connectivity index is 1.85. The van der Waals surface area contributed by atoms with E-state index in [-0.39, 0.29) is 5.91 Å². The molecule has 0 saturated heterocycles. The second-order valence-electron chi connectivity index (χ2n) is 4.47. The number of nitrogens with one attached hydrogen (secondary N) is 2. The van der Waals surface area contributed by atoms with E-state index in [2.05, 4.69) is 27.9 Å². The fourth-order valence-corrected chi connectivity index (χ4v) is 1.71. The number of hydrazine groups is 1. The Kier molecular flexibility index (Phi) is 3.53. The summed E-state index contributed by atoms with van der Waals surface area (Å²) in [5.74, 6) is 6.73. The summed E-state index contributed by atoms with van der Waals surface area (Å²) in [6, 6.07) is 3.21. The Morgan fingerprint density at radius 1 is 1.53 bits per heavy atom. The predicted molar refractivity (Wildman–Crippen MR) is 64.1 cm³/mol. The van der Waals surface area contributed by atoms with Gasteiger partial charge in [0, 0.05) is 6.54 Å². The summed E-state index contributed by atoms with van der Waals surface area (Å²) < 4.78 is 0. The Morgan fingerprint density at radius 3 is 2.82 bits per heavy atom. The van der Waals surface area contributed by atoms with Gasteiger partial charge in [0.25, 0.3) is 5.91 Å². The van der Waals surface area contributed by atoms with Gasteiger partial charge in [-0.2, -0.15) is 0 Å². The summed E-state index contributed by atoms with van der Waals surface area (Å²) in [7, 11) is 0. The van der Waals surface area contributed by atoms with Crippen LogP contribution in [0, 0.1) is 11.8 Å². The first-order chi connectivity index (χ1) is 8.20. The molecule has 1 saturated carbocycles. The molecule has 6 heteroatoms. The molecule has 0 aliphatic heterocycles. The zero-order valence-corrected chi connectivity index (χ0v) is 9.81. The minimum absolute atomic E-state index is 0.187. The van der Waals surface area contributed by atoms with Crippen LogP contribution in [0.5, 0.6) is 0 Å². The van der Waals surface area contributed by atoms with Gasteiger partial charge < -0.3 is 10.7 Å². The van der Waals surface area contributed by atoms with E-state index in [0.717, 1.165) is 5.92 Å². The van der Waals surface area contributed by atoms with Crippen molar-refractivity contribution in [2.45, 2.75) is 19.8 Å². The van der Waals surface area contributed by atoms with Crippen LogP contribution in [0.15, 0.2) is 12.1 Å². The molecule has 0 radical (unpaired) electrons. The maximum atomic E-state index is 11.7. The van der Waals surface area contributed by atoms with Crippen LogP contribution in [0.1, 0.15) is 30.3 Å². The largest absolute Gasteiger partial charge is 0.350 e. The van der Waals surface area contributed by atoms with E-state index in [1.54, 1.807) is 12.1 Å². The van der Waals surface area contributed by atoms with Crippen LogP contribution in [0.2, 0.25) is 0 Å². The van der Waals surface area contributed by atoms with E-state index in [4.69, 9.17) is 5.84 Å². The molecule has 0 spiro atoms. The van der Waals surface area contributed by atoms with Crippen LogP contribution in [0.4, 0.5) is 5.82 Å². The molecule has 1 aromatic heterocycles. The van der Waals surface area contributed by atoms with Gasteiger partial charge in [-0.05, 0) is 36.8 Å². The summed E-state index contributed by atoms with van der Waals surface area (Å²) in [5, 5.41) is 10.4. The molecule has 1 fully saturated rings. The third-order valence-electron chi connectivity index (χ3n) is 3.06. The van der Waals surface area contributed by atoms with Crippen molar-refractivity contribution in [1.29, 1.82) is 0 Å². The molecule has 1 aromatic rings. The van der Waals surface area contributed by atoms with Gasteiger partial charge in [-0.15, -0.1) is 10.2 Å². The number of hydrogen-bond acceptors (Lipinski definition) is 5. The minimum atomic E-state index is -0.187. The number of anilines is 1. The van der Waals surface area contributed by atoms with Gasteiger partial charge in [-0.25, -0.2) is 5.84 Å². The monoisotopic (exact) mass is 235 g/mol. The second kappa shape index (κ2) is 5.09. The number of nitrogens with two attached hydrogens (primary N) is 1. The number of amides is 1. The quantitative estimate of drug-likeness (QED) is 0.511. The van der Waals surface area contributed by atoms with Gasteiger partial charge in [0.2, 0.25) is 0 Å². The SMILES string of the molecule is CC(CNC(=O)c1ccc(NN)nn1)C1CC1. The van der Waals surface area contributed by atoms with Crippen molar-refractivity contribution in [1.82, 2.24) is 15.5 Å². The molecule has 17 heavy (non-hydrogen) atoms. The van der Waals surface area contributed by atoms with Crippen molar-refractivity contribution in [3.8, 4) is 0 Å². The summed E-state index contributed by atoms with van der Waals surface area (Å²) in [4.78, 5) is 11.7. The fourth-order valence-electron chi connectivity index (χ4n) is 1.71.